The number of amides is 2. The van der Waals surface area contributed by atoms with Crippen molar-refractivity contribution in [2.75, 3.05) is 12.3 Å². The monoisotopic (exact) mass is 494 g/mol. The maximum atomic E-state index is 13.3. The highest BCUT2D eigenvalue weighted by atomic mass is 35.5. The molecule has 2 amide bonds. The number of rotatable bonds is 11. The molecule has 0 aliphatic carbocycles. The third-order valence-corrected chi connectivity index (χ3v) is 6.86. The minimum Gasteiger partial charge on any atom is -0.354 e. The van der Waals surface area contributed by atoms with Crippen LogP contribution in [0.15, 0.2) is 42.5 Å². The Kier molecular flexibility index (Phi) is 10.9. The summed E-state index contributed by atoms with van der Waals surface area (Å²) in [5.74, 6) is 1.18. The van der Waals surface area contributed by atoms with E-state index >= 15 is 0 Å². The van der Waals surface area contributed by atoms with Crippen molar-refractivity contribution < 1.29 is 9.59 Å². The van der Waals surface area contributed by atoms with Crippen LogP contribution in [0.1, 0.15) is 43.9 Å². The minimum absolute atomic E-state index is 0.0683. The molecule has 0 saturated carbocycles. The Morgan fingerprint density at radius 1 is 1.09 bits per heavy atom. The number of benzene rings is 2. The molecule has 2 aromatic rings. The van der Waals surface area contributed by atoms with Gasteiger partial charge in [0, 0.05) is 18.8 Å². The van der Waals surface area contributed by atoms with Crippen LogP contribution in [0.2, 0.25) is 10.0 Å². The largest absolute Gasteiger partial charge is 0.354 e. The molecule has 32 heavy (non-hydrogen) atoms. The van der Waals surface area contributed by atoms with Crippen molar-refractivity contribution in [2.24, 2.45) is 5.92 Å². The summed E-state index contributed by atoms with van der Waals surface area (Å²) in [6.07, 6.45) is 0.527. The fourth-order valence-electron chi connectivity index (χ4n) is 3.28. The second-order valence-electron chi connectivity index (χ2n) is 8.25. The van der Waals surface area contributed by atoms with Gasteiger partial charge in [-0.2, -0.15) is 0 Å². The number of nitrogens with one attached hydrogen (secondary N) is 1. The summed E-state index contributed by atoms with van der Waals surface area (Å²) < 4.78 is 0. The van der Waals surface area contributed by atoms with E-state index in [1.807, 2.05) is 39.0 Å². The van der Waals surface area contributed by atoms with Gasteiger partial charge < -0.3 is 10.2 Å². The molecule has 2 rings (SSSR count). The second-order valence-corrected chi connectivity index (χ2v) is 10.1. The van der Waals surface area contributed by atoms with Gasteiger partial charge in [0.25, 0.3) is 0 Å². The first-order valence-electron chi connectivity index (χ1n) is 10.9. The molecular formula is C25H32Cl2N2O2S. The van der Waals surface area contributed by atoms with Crippen LogP contribution in [0.5, 0.6) is 0 Å². The number of halogens is 2. The lowest BCUT2D eigenvalue weighted by atomic mass is 10.1. The van der Waals surface area contributed by atoms with Crippen molar-refractivity contribution in [3.8, 4) is 0 Å². The molecule has 0 bridgehead atoms. The lowest BCUT2D eigenvalue weighted by molar-refractivity contribution is -0.139. The van der Waals surface area contributed by atoms with Gasteiger partial charge in [0.05, 0.1) is 15.8 Å². The van der Waals surface area contributed by atoms with Crippen molar-refractivity contribution in [3.63, 3.8) is 0 Å². The van der Waals surface area contributed by atoms with Crippen molar-refractivity contribution in [1.82, 2.24) is 10.2 Å². The fourth-order valence-corrected chi connectivity index (χ4v) is 4.59. The number of carbonyl (C=O) groups excluding carboxylic acids is 2. The normalized spacial score (nSPS) is 12.0. The van der Waals surface area contributed by atoms with Gasteiger partial charge in [0.15, 0.2) is 0 Å². The molecule has 1 atom stereocenters. The molecule has 4 nitrogen and oxygen atoms in total. The first kappa shape index (κ1) is 26.6. The average molecular weight is 496 g/mol. The summed E-state index contributed by atoms with van der Waals surface area (Å²) in [4.78, 5) is 27.9. The molecular weight excluding hydrogens is 463 g/mol. The number of nitrogens with zero attached hydrogens (tertiary/aromatic N) is 1. The second kappa shape index (κ2) is 13.1. The Morgan fingerprint density at radius 2 is 1.81 bits per heavy atom. The molecule has 0 aliphatic heterocycles. The van der Waals surface area contributed by atoms with Gasteiger partial charge in [-0.15, -0.1) is 11.8 Å². The summed E-state index contributed by atoms with van der Waals surface area (Å²) in [6.45, 7) is 8.96. The van der Waals surface area contributed by atoms with Gasteiger partial charge in [-0.25, -0.2) is 0 Å². The predicted molar refractivity (Wildman–Crippen MR) is 136 cm³/mol. The maximum absolute atomic E-state index is 13.3. The Bertz CT molecular complexity index is 921. The van der Waals surface area contributed by atoms with Crippen LogP contribution < -0.4 is 5.32 Å². The number of aryl methyl sites for hydroxylation is 1. The van der Waals surface area contributed by atoms with E-state index in [0.717, 1.165) is 11.3 Å². The molecule has 0 fully saturated rings. The topological polar surface area (TPSA) is 49.4 Å². The van der Waals surface area contributed by atoms with Crippen LogP contribution in [0.25, 0.3) is 0 Å². The summed E-state index contributed by atoms with van der Waals surface area (Å²) >= 11 is 13.8. The zero-order valence-corrected chi connectivity index (χ0v) is 21.5. The number of carbonyl (C=O) groups is 2. The van der Waals surface area contributed by atoms with Gasteiger partial charge in [0.2, 0.25) is 11.8 Å². The standard InChI is InChI=1S/C25H32Cl2N2O2S/c1-5-23(25(31)28-13-17(2)3)29(14-19-10-11-21(26)22(27)12-19)24(30)16-32-15-20-9-7-6-8-18(20)4/h6-12,17,23H,5,13-16H2,1-4H3,(H,28,31)/t23-/m1/s1. The van der Waals surface area contributed by atoms with Gasteiger partial charge in [-0.1, -0.05) is 74.3 Å². The first-order chi connectivity index (χ1) is 15.2. The van der Waals surface area contributed by atoms with E-state index in [0.29, 0.717) is 41.2 Å². The molecule has 0 unspecified atom stereocenters. The first-order valence-corrected chi connectivity index (χ1v) is 12.8. The molecule has 0 aromatic heterocycles. The van der Waals surface area contributed by atoms with E-state index < -0.39 is 6.04 Å². The number of thioether (sulfide) groups is 1. The van der Waals surface area contributed by atoms with Crippen molar-refractivity contribution in [1.29, 1.82) is 0 Å². The summed E-state index contributed by atoms with van der Waals surface area (Å²) in [6, 6.07) is 12.9. The zero-order chi connectivity index (χ0) is 23.7. The van der Waals surface area contributed by atoms with Gasteiger partial charge >= 0.3 is 0 Å². The highest BCUT2D eigenvalue weighted by Gasteiger charge is 2.28. The van der Waals surface area contributed by atoms with Gasteiger partial charge in [-0.05, 0) is 48.1 Å². The third kappa shape index (κ3) is 8.02. The third-order valence-electron chi connectivity index (χ3n) is 5.15. The quantitative estimate of drug-likeness (QED) is 0.409. The summed E-state index contributed by atoms with van der Waals surface area (Å²) in [5.41, 5.74) is 3.26. The molecule has 0 aliphatic rings. The average Bonchev–Trinajstić information content (AvgIpc) is 2.75. The highest BCUT2D eigenvalue weighted by Crippen LogP contribution is 2.25. The molecule has 0 spiro atoms. The Labute approximate surface area is 206 Å². The SMILES string of the molecule is CC[C@H](C(=O)NCC(C)C)N(Cc1ccc(Cl)c(Cl)c1)C(=O)CSCc1ccccc1C. The van der Waals surface area contributed by atoms with E-state index in [-0.39, 0.29) is 11.8 Å². The maximum Gasteiger partial charge on any atom is 0.242 e. The number of hydrogen-bond donors (Lipinski definition) is 1. The molecule has 174 valence electrons. The van der Waals surface area contributed by atoms with E-state index in [9.17, 15) is 9.59 Å². The summed E-state index contributed by atoms with van der Waals surface area (Å²) in [7, 11) is 0. The Morgan fingerprint density at radius 3 is 2.44 bits per heavy atom. The van der Waals surface area contributed by atoms with E-state index in [1.165, 1.54) is 11.1 Å². The molecule has 2 aromatic carbocycles. The minimum atomic E-state index is -0.547. The molecule has 0 heterocycles. The smallest absolute Gasteiger partial charge is 0.242 e. The lowest BCUT2D eigenvalue weighted by Crippen LogP contribution is -2.50. The van der Waals surface area contributed by atoms with Crippen molar-refractivity contribution in [3.05, 3.63) is 69.2 Å². The molecule has 0 radical (unpaired) electrons. The van der Waals surface area contributed by atoms with Crippen LogP contribution in [-0.4, -0.2) is 35.1 Å². The highest BCUT2D eigenvalue weighted by molar-refractivity contribution is 7.99. The fraction of sp³-hybridized carbons (Fsp3) is 0.440. The molecule has 7 heteroatoms. The Balaban J connectivity index is 2.16. The lowest BCUT2D eigenvalue weighted by Gasteiger charge is -2.31. The van der Waals surface area contributed by atoms with E-state index in [4.69, 9.17) is 23.2 Å². The van der Waals surface area contributed by atoms with Crippen LogP contribution in [0.3, 0.4) is 0 Å². The van der Waals surface area contributed by atoms with Crippen molar-refractivity contribution >= 4 is 46.8 Å². The van der Waals surface area contributed by atoms with Crippen LogP contribution in [-0.2, 0) is 21.9 Å². The predicted octanol–water partition coefficient (Wildman–Crippen LogP) is 6.11. The van der Waals surface area contributed by atoms with Crippen LogP contribution in [0, 0.1) is 12.8 Å². The summed E-state index contributed by atoms with van der Waals surface area (Å²) in [5, 5.41) is 3.87. The van der Waals surface area contributed by atoms with E-state index in [2.05, 4.69) is 24.4 Å². The van der Waals surface area contributed by atoms with Crippen molar-refractivity contribution in [2.45, 2.75) is 52.5 Å². The van der Waals surface area contributed by atoms with Crippen LogP contribution >= 0.6 is 35.0 Å². The molecule has 0 saturated heterocycles. The van der Waals surface area contributed by atoms with Crippen LogP contribution in [0.4, 0.5) is 0 Å². The zero-order valence-electron chi connectivity index (χ0n) is 19.2. The molecule has 1 N–H and O–H groups in total. The van der Waals surface area contributed by atoms with Gasteiger partial charge in [-0.3, -0.25) is 9.59 Å². The Hall–Kier alpha value is -1.69. The number of hydrogen-bond acceptors (Lipinski definition) is 3. The van der Waals surface area contributed by atoms with Gasteiger partial charge in [0.1, 0.15) is 6.04 Å². The van der Waals surface area contributed by atoms with E-state index in [1.54, 1.807) is 28.8 Å².